The van der Waals surface area contributed by atoms with E-state index < -0.39 is 0 Å². The van der Waals surface area contributed by atoms with E-state index in [9.17, 15) is 9.90 Å². The minimum Gasteiger partial charge on any atom is -0.507 e. The van der Waals surface area contributed by atoms with Crippen molar-refractivity contribution < 1.29 is 5.11 Å². The van der Waals surface area contributed by atoms with Gasteiger partial charge in [0.2, 0.25) is 0 Å². The SMILES string of the molecule is NCC#Cc1ccc(-c2cc(=O)[nH]c3c(-c4ccc(Cl)cc4)c(Cc4ccccc4)nn23)c(O)c1. The molecule has 35 heavy (non-hydrogen) atoms. The van der Waals surface area contributed by atoms with Crippen molar-refractivity contribution in [1.29, 1.82) is 0 Å². The molecular formula is C28H21ClN4O2. The Balaban J connectivity index is 1.75. The highest BCUT2D eigenvalue weighted by atomic mass is 35.5. The number of nitrogens with zero attached hydrogens (tertiary/aromatic N) is 2. The Morgan fingerprint density at radius 3 is 2.51 bits per heavy atom. The van der Waals surface area contributed by atoms with Crippen molar-refractivity contribution in [3.05, 3.63) is 111 Å². The number of nitrogens with one attached hydrogen (secondary N) is 1. The van der Waals surface area contributed by atoms with Gasteiger partial charge in [-0.1, -0.05) is 65.9 Å². The fraction of sp³-hybridized carbons (Fsp3) is 0.0714. The van der Waals surface area contributed by atoms with E-state index in [1.807, 2.05) is 54.6 Å². The zero-order valence-electron chi connectivity index (χ0n) is 18.6. The van der Waals surface area contributed by atoms with Crippen LogP contribution in [0.15, 0.2) is 83.7 Å². The minimum atomic E-state index is -0.305. The molecule has 7 heteroatoms. The third kappa shape index (κ3) is 4.56. The number of H-pyrrole nitrogens is 1. The molecule has 0 saturated heterocycles. The molecule has 172 valence electrons. The van der Waals surface area contributed by atoms with Gasteiger partial charge >= 0.3 is 0 Å². The maximum absolute atomic E-state index is 12.8. The molecule has 0 aliphatic heterocycles. The number of phenolic OH excluding ortho intramolecular Hbond substituents is 1. The third-order valence-corrected chi connectivity index (χ3v) is 5.90. The molecule has 5 aromatic rings. The fourth-order valence-corrected chi connectivity index (χ4v) is 4.22. The first-order valence-electron chi connectivity index (χ1n) is 11.0. The average Bonchev–Trinajstić information content (AvgIpc) is 3.21. The number of aromatic nitrogens is 3. The summed E-state index contributed by atoms with van der Waals surface area (Å²) in [4.78, 5) is 15.7. The van der Waals surface area contributed by atoms with Gasteiger partial charge in [-0.15, -0.1) is 0 Å². The molecule has 0 fully saturated rings. The van der Waals surface area contributed by atoms with Gasteiger partial charge in [-0.05, 0) is 41.5 Å². The molecule has 0 aliphatic carbocycles. The van der Waals surface area contributed by atoms with Crippen molar-refractivity contribution in [2.24, 2.45) is 5.73 Å². The van der Waals surface area contributed by atoms with E-state index in [-0.39, 0.29) is 17.9 Å². The number of aromatic hydroxyl groups is 1. The van der Waals surface area contributed by atoms with Crippen LogP contribution in [0.5, 0.6) is 5.75 Å². The molecule has 0 bridgehead atoms. The Morgan fingerprint density at radius 2 is 1.80 bits per heavy atom. The van der Waals surface area contributed by atoms with Gasteiger partial charge in [0.25, 0.3) is 5.56 Å². The number of phenols is 1. The summed E-state index contributed by atoms with van der Waals surface area (Å²) >= 11 is 6.13. The Labute approximate surface area is 206 Å². The monoisotopic (exact) mass is 480 g/mol. The number of benzene rings is 3. The number of hydrogen-bond acceptors (Lipinski definition) is 4. The number of rotatable bonds is 4. The fourth-order valence-electron chi connectivity index (χ4n) is 4.09. The minimum absolute atomic E-state index is 0.00567. The summed E-state index contributed by atoms with van der Waals surface area (Å²) in [7, 11) is 0. The van der Waals surface area contributed by atoms with Crippen molar-refractivity contribution in [3.63, 3.8) is 0 Å². The maximum Gasteiger partial charge on any atom is 0.251 e. The molecule has 0 saturated carbocycles. The van der Waals surface area contributed by atoms with Gasteiger partial charge in [-0.25, -0.2) is 4.52 Å². The second-order valence-electron chi connectivity index (χ2n) is 8.01. The Hall–Kier alpha value is -4.31. The van der Waals surface area contributed by atoms with E-state index in [0.29, 0.717) is 33.9 Å². The van der Waals surface area contributed by atoms with Crippen LogP contribution in [0, 0.1) is 11.8 Å². The van der Waals surface area contributed by atoms with Crippen LogP contribution in [-0.4, -0.2) is 26.2 Å². The first-order chi connectivity index (χ1) is 17.0. The van der Waals surface area contributed by atoms with E-state index >= 15 is 0 Å². The summed E-state index contributed by atoms with van der Waals surface area (Å²) in [5.41, 5.74) is 10.8. The summed E-state index contributed by atoms with van der Waals surface area (Å²) in [5.74, 6) is 5.67. The zero-order valence-corrected chi connectivity index (χ0v) is 19.4. The summed E-state index contributed by atoms with van der Waals surface area (Å²) in [6, 6.07) is 23.9. The molecular weight excluding hydrogens is 460 g/mol. The smallest absolute Gasteiger partial charge is 0.251 e. The average molecular weight is 481 g/mol. The van der Waals surface area contributed by atoms with Crippen molar-refractivity contribution in [2.75, 3.05) is 6.54 Å². The lowest BCUT2D eigenvalue weighted by molar-refractivity contribution is 0.476. The van der Waals surface area contributed by atoms with Gasteiger partial charge in [-0.3, -0.25) is 4.79 Å². The van der Waals surface area contributed by atoms with Gasteiger partial charge in [0.05, 0.1) is 17.9 Å². The van der Waals surface area contributed by atoms with Crippen molar-refractivity contribution in [2.45, 2.75) is 6.42 Å². The van der Waals surface area contributed by atoms with Crippen LogP contribution in [0.4, 0.5) is 0 Å². The maximum atomic E-state index is 12.8. The lowest BCUT2D eigenvalue weighted by atomic mass is 10.0. The lowest BCUT2D eigenvalue weighted by Crippen LogP contribution is -2.10. The van der Waals surface area contributed by atoms with E-state index in [4.69, 9.17) is 22.4 Å². The molecule has 0 amide bonds. The molecule has 3 aromatic carbocycles. The molecule has 0 spiro atoms. The first-order valence-corrected chi connectivity index (χ1v) is 11.4. The topological polar surface area (TPSA) is 96.4 Å². The van der Waals surface area contributed by atoms with Gasteiger partial charge in [0, 0.05) is 34.2 Å². The summed E-state index contributed by atoms with van der Waals surface area (Å²) in [6.45, 7) is 0.224. The van der Waals surface area contributed by atoms with Gasteiger partial charge in [0.1, 0.15) is 11.4 Å². The molecule has 5 rings (SSSR count). The van der Waals surface area contributed by atoms with Crippen LogP contribution in [0.3, 0.4) is 0 Å². The number of halogens is 1. The quantitative estimate of drug-likeness (QED) is 0.327. The highest BCUT2D eigenvalue weighted by Gasteiger charge is 2.20. The predicted octanol–water partition coefficient (Wildman–Crippen LogP) is 4.62. The number of aromatic amines is 1. The van der Waals surface area contributed by atoms with Gasteiger partial charge < -0.3 is 15.8 Å². The molecule has 0 atom stereocenters. The van der Waals surface area contributed by atoms with E-state index in [1.54, 1.807) is 22.7 Å². The third-order valence-electron chi connectivity index (χ3n) is 5.65. The molecule has 0 aliphatic rings. The van der Waals surface area contributed by atoms with Crippen LogP contribution in [0.1, 0.15) is 16.8 Å². The molecule has 0 unspecified atom stereocenters. The summed E-state index contributed by atoms with van der Waals surface area (Å²) in [6.07, 6.45) is 0.557. The summed E-state index contributed by atoms with van der Waals surface area (Å²) in [5, 5.41) is 16.3. The van der Waals surface area contributed by atoms with E-state index in [0.717, 1.165) is 22.4 Å². The highest BCUT2D eigenvalue weighted by molar-refractivity contribution is 6.30. The second-order valence-corrected chi connectivity index (χ2v) is 8.44. The van der Waals surface area contributed by atoms with Crippen molar-refractivity contribution >= 4 is 17.2 Å². The summed E-state index contributed by atoms with van der Waals surface area (Å²) < 4.78 is 1.67. The van der Waals surface area contributed by atoms with E-state index in [1.165, 1.54) is 6.07 Å². The van der Waals surface area contributed by atoms with Gasteiger partial charge in [-0.2, -0.15) is 5.10 Å². The predicted molar refractivity (Wildman–Crippen MR) is 139 cm³/mol. The highest BCUT2D eigenvalue weighted by Crippen LogP contribution is 2.34. The van der Waals surface area contributed by atoms with Crippen LogP contribution < -0.4 is 11.3 Å². The second kappa shape index (κ2) is 9.51. The molecule has 2 aromatic heterocycles. The number of fused-ring (bicyclic) bond motifs is 1. The molecule has 0 radical (unpaired) electrons. The Bertz CT molecular complexity index is 1640. The van der Waals surface area contributed by atoms with Crippen LogP contribution >= 0.6 is 11.6 Å². The Morgan fingerprint density at radius 1 is 1.03 bits per heavy atom. The van der Waals surface area contributed by atoms with Crippen LogP contribution in [0.25, 0.3) is 28.0 Å². The number of hydrogen-bond donors (Lipinski definition) is 3. The van der Waals surface area contributed by atoms with E-state index in [2.05, 4.69) is 16.8 Å². The standard InChI is InChI=1S/C28H21ClN4O2/c29-21-11-9-20(10-12-21)27-23(15-18-5-2-1-3-6-18)32-33-24(17-26(35)31-28(27)33)22-13-8-19(7-4-14-30)16-25(22)34/h1-3,5-6,8-13,16-17,34H,14-15,30H2,(H,31,35). The molecule has 2 heterocycles. The van der Waals surface area contributed by atoms with Crippen LogP contribution in [0.2, 0.25) is 5.02 Å². The zero-order chi connectivity index (χ0) is 24.4. The molecule has 6 nitrogen and oxygen atoms in total. The first kappa shape index (κ1) is 22.5. The lowest BCUT2D eigenvalue weighted by Gasteiger charge is -2.08. The normalized spacial score (nSPS) is 10.8. The Kier molecular flexibility index (Phi) is 6.11. The van der Waals surface area contributed by atoms with Crippen molar-refractivity contribution in [3.8, 4) is 40.0 Å². The molecule has 4 N–H and O–H groups in total. The largest absolute Gasteiger partial charge is 0.507 e. The van der Waals surface area contributed by atoms with Crippen molar-refractivity contribution in [1.82, 2.24) is 14.6 Å². The number of nitrogens with two attached hydrogens (primary N) is 1. The van der Waals surface area contributed by atoms with Gasteiger partial charge in [0.15, 0.2) is 0 Å². The van der Waals surface area contributed by atoms with Crippen LogP contribution in [-0.2, 0) is 6.42 Å².